The van der Waals surface area contributed by atoms with Gasteiger partial charge in [0.05, 0.1) is 13.2 Å². The SMILES string of the molecule is C[C@@H]1CN([C@@H](C)CO)S(=O)(=O)c2ccc(C3=CCCC3)cc2O[C@@H]1CN(C)C(=O)CC1CC1. The molecule has 1 heterocycles. The first-order valence-electron chi connectivity index (χ1n) is 12.1. The van der Waals surface area contributed by atoms with E-state index < -0.39 is 16.1 Å². The fourth-order valence-corrected chi connectivity index (χ4v) is 6.50. The van der Waals surface area contributed by atoms with Crippen LogP contribution in [0.4, 0.5) is 0 Å². The molecule has 1 aromatic rings. The molecular formula is C25H36N2O5S. The zero-order valence-corrected chi connectivity index (χ0v) is 20.7. The third-order valence-corrected chi connectivity index (χ3v) is 9.14. The number of hydrogen-bond acceptors (Lipinski definition) is 5. The van der Waals surface area contributed by atoms with Crippen LogP contribution in [-0.4, -0.2) is 67.5 Å². The number of carbonyl (C=O) groups excluding carboxylic acids is 1. The molecule has 2 aliphatic carbocycles. The van der Waals surface area contributed by atoms with E-state index in [2.05, 4.69) is 6.08 Å². The van der Waals surface area contributed by atoms with Crippen molar-refractivity contribution in [2.24, 2.45) is 11.8 Å². The minimum atomic E-state index is -3.85. The molecule has 0 radical (unpaired) electrons. The van der Waals surface area contributed by atoms with E-state index in [0.29, 0.717) is 24.6 Å². The zero-order valence-electron chi connectivity index (χ0n) is 19.9. The standard InChI is InChI=1S/C25H36N2O5S/c1-17-14-27(18(2)16-28)33(30,31)24-11-10-21(20-6-4-5-7-20)13-22(24)32-23(17)15-26(3)25(29)12-19-8-9-19/h6,10-11,13,17-19,23,28H,4-5,7-9,12,14-16H2,1-3H3/t17-,18+,23-/m1/s1. The lowest BCUT2D eigenvalue weighted by atomic mass is 10.0. The Bertz CT molecular complexity index is 1020. The highest BCUT2D eigenvalue weighted by atomic mass is 32.2. The van der Waals surface area contributed by atoms with Gasteiger partial charge in [0.2, 0.25) is 15.9 Å². The summed E-state index contributed by atoms with van der Waals surface area (Å²) in [5.41, 5.74) is 2.19. The lowest BCUT2D eigenvalue weighted by Gasteiger charge is -2.37. The summed E-state index contributed by atoms with van der Waals surface area (Å²) in [7, 11) is -2.06. The van der Waals surface area contributed by atoms with Gasteiger partial charge in [0.1, 0.15) is 16.7 Å². The van der Waals surface area contributed by atoms with Gasteiger partial charge < -0.3 is 14.7 Å². The number of rotatable bonds is 7. The van der Waals surface area contributed by atoms with Crippen molar-refractivity contribution in [2.45, 2.75) is 69.4 Å². The van der Waals surface area contributed by atoms with Gasteiger partial charge >= 0.3 is 0 Å². The molecule has 3 aliphatic rings. The molecule has 1 aromatic carbocycles. The van der Waals surface area contributed by atoms with E-state index in [0.717, 1.165) is 37.7 Å². The summed E-state index contributed by atoms with van der Waals surface area (Å²) in [6.45, 7) is 4.00. The number of amides is 1. The fourth-order valence-electron chi connectivity index (χ4n) is 4.67. The van der Waals surface area contributed by atoms with E-state index >= 15 is 0 Å². The van der Waals surface area contributed by atoms with E-state index in [4.69, 9.17) is 4.74 Å². The van der Waals surface area contributed by atoms with E-state index in [-0.39, 0.29) is 36.0 Å². The van der Waals surface area contributed by atoms with Gasteiger partial charge in [-0.1, -0.05) is 19.1 Å². The molecule has 1 N–H and O–H groups in total. The van der Waals surface area contributed by atoms with Crippen LogP contribution in [0.15, 0.2) is 29.2 Å². The minimum absolute atomic E-state index is 0.105. The molecule has 3 atom stereocenters. The Labute approximate surface area is 197 Å². The highest BCUT2D eigenvalue weighted by Gasteiger charge is 2.38. The van der Waals surface area contributed by atoms with Gasteiger partial charge in [-0.05, 0) is 68.2 Å². The maximum Gasteiger partial charge on any atom is 0.247 e. The third kappa shape index (κ3) is 5.28. The number of likely N-dealkylation sites (N-methyl/N-ethyl adjacent to an activating group) is 1. The van der Waals surface area contributed by atoms with E-state index in [1.54, 1.807) is 24.9 Å². The number of nitrogens with zero attached hydrogens (tertiary/aromatic N) is 2. The number of allylic oxidation sites excluding steroid dienone is 2. The van der Waals surface area contributed by atoms with E-state index in [1.807, 2.05) is 19.1 Å². The minimum Gasteiger partial charge on any atom is -0.487 e. The van der Waals surface area contributed by atoms with Crippen LogP contribution in [0.2, 0.25) is 0 Å². The van der Waals surface area contributed by atoms with Crippen LogP contribution < -0.4 is 4.74 Å². The topological polar surface area (TPSA) is 87.2 Å². The highest BCUT2D eigenvalue weighted by molar-refractivity contribution is 7.89. The van der Waals surface area contributed by atoms with E-state index in [9.17, 15) is 18.3 Å². The van der Waals surface area contributed by atoms with Crippen molar-refractivity contribution < 1.29 is 23.1 Å². The smallest absolute Gasteiger partial charge is 0.247 e. The van der Waals surface area contributed by atoms with Crippen molar-refractivity contribution in [1.82, 2.24) is 9.21 Å². The second kappa shape index (κ2) is 9.76. The van der Waals surface area contributed by atoms with Gasteiger partial charge in [0, 0.05) is 32.0 Å². The Morgan fingerprint density at radius 3 is 2.73 bits per heavy atom. The number of carbonyl (C=O) groups is 1. The summed E-state index contributed by atoms with van der Waals surface area (Å²) in [5.74, 6) is 0.765. The number of fused-ring (bicyclic) bond motifs is 1. The van der Waals surface area contributed by atoms with Crippen LogP contribution in [0.1, 0.15) is 57.9 Å². The third-order valence-electron chi connectivity index (χ3n) is 7.12. The van der Waals surface area contributed by atoms with Crippen molar-refractivity contribution in [1.29, 1.82) is 0 Å². The Morgan fingerprint density at radius 2 is 2.09 bits per heavy atom. The average Bonchev–Trinajstić information content (AvgIpc) is 3.43. The number of aliphatic hydroxyl groups is 1. The van der Waals surface area contributed by atoms with Crippen LogP contribution in [0.5, 0.6) is 5.75 Å². The number of aliphatic hydroxyl groups excluding tert-OH is 1. The second-order valence-corrected chi connectivity index (χ2v) is 11.8. The van der Waals surface area contributed by atoms with Gasteiger partial charge in [-0.25, -0.2) is 8.42 Å². The molecule has 0 aromatic heterocycles. The summed E-state index contributed by atoms with van der Waals surface area (Å²) in [4.78, 5) is 14.5. The Morgan fingerprint density at radius 1 is 1.33 bits per heavy atom. The quantitative estimate of drug-likeness (QED) is 0.653. The molecule has 7 nitrogen and oxygen atoms in total. The molecule has 0 saturated heterocycles. The molecule has 0 bridgehead atoms. The Kier molecular flexibility index (Phi) is 7.17. The molecule has 1 amide bonds. The summed E-state index contributed by atoms with van der Waals surface area (Å²) in [6.07, 6.45) is 7.73. The van der Waals surface area contributed by atoms with Gasteiger partial charge in [-0.3, -0.25) is 4.79 Å². The van der Waals surface area contributed by atoms with E-state index in [1.165, 1.54) is 9.88 Å². The van der Waals surface area contributed by atoms with Crippen molar-refractivity contribution in [3.05, 3.63) is 29.8 Å². The Balaban J connectivity index is 1.69. The molecule has 1 fully saturated rings. The summed E-state index contributed by atoms with van der Waals surface area (Å²) in [6, 6.07) is 4.76. The number of ether oxygens (including phenoxy) is 1. The molecule has 182 valence electrons. The maximum absolute atomic E-state index is 13.6. The van der Waals surface area contributed by atoms with Crippen molar-refractivity contribution in [3.8, 4) is 5.75 Å². The first kappa shape index (κ1) is 24.2. The average molecular weight is 477 g/mol. The van der Waals surface area contributed by atoms with Crippen molar-refractivity contribution in [3.63, 3.8) is 0 Å². The monoisotopic (exact) mass is 476 g/mol. The van der Waals surface area contributed by atoms with Gasteiger partial charge in [0.15, 0.2) is 0 Å². The predicted molar refractivity (Wildman–Crippen MR) is 127 cm³/mol. The van der Waals surface area contributed by atoms with Crippen LogP contribution in [0, 0.1) is 11.8 Å². The first-order chi connectivity index (χ1) is 15.7. The number of sulfonamides is 1. The number of benzene rings is 1. The molecular weight excluding hydrogens is 440 g/mol. The maximum atomic E-state index is 13.6. The van der Waals surface area contributed by atoms with Crippen molar-refractivity contribution in [2.75, 3.05) is 26.7 Å². The van der Waals surface area contributed by atoms with Crippen LogP contribution in [-0.2, 0) is 14.8 Å². The van der Waals surface area contributed by atoms with Crippen LogP contribution >= 0.6 is 0 Å². The second-order valence-electron chi connectivity index (χ2n) is 9.94. The lowest BCUT2D eigenvalue weighted by molar-refractivity contribution is -0.131. The fraction of sp³-hybridized carbons (Fsp3) is 0.640. The van der Waals surface area contributed by atoms with Gasteiger partial charge in [0.25, 0.3) is 0 Å². The molecule has 4 rings (SSSR count). The Hall–Kier alpha value is -1.90. The number of hydrogen-bond donors (Lipinski definition) is 1. The molecule has 8 heteroatoms. The molecule has 0 spiro atoms. The summed E-state index contributed by atoms with van der Waals surface area (Å²) >= 11 is 0. The summed E-state index contributed by atoms with van der Waals surface area (Å²) < 4.78 is 34.9. The van der Waals surface area contributed by atoms with Crippen LogP contribution in [0.25, 0.3) is 5.57 Å². The normalized spacial score (nSPS) is 25.9. The zero-order chi connectivity index (χ0) is 23.8. The highest BCUT2D eigenvalue weighted by Crippen LogP contribution is 2.38. The first-order valence-corrected chi connectivity index (χ1v) is 13.5. The van der Waals surface area contributed by atoms with Crippen LogP contribution in [0.3, 0.4) is 0 Å². The summed E-state index contributed by atoms with van der Waals surface area (Å²) in [5, 5.41) is 9.78. The van der Waals surface area contributed by atoms with Gasteiger partial charge in [-0.2, -0.15) is 4.31 Å². The van der Waals surface area contributed by atoms with Crippen molar-refractivity contribution >= 4 is 21.5 Å². The molecule has 33 heavy (non-hydrogen) atoms. The predicted octanol–water partition coefficient (Wildman–Crippen LogP) is 3.28. The molecule has 1 aliphatic heterocycles. The van der Waals surface area contributed by atoms with Gasteiger partial charge in [-0.15, -0.1) is 0 Å². The largest absolute Gasteiger partial charge is 0.487 e. The lowest BCUT2D eigenvalue weighted by Crippen LogP contribution is -2.50. The molecule has 0 unspecified atom stereocenters. The molecule has 1 saturated carbocycles.